The molecule has 1 aromatic carbocycles. The first-order valence-electron chi connectivity index (χ1n) is 7.71. The van der Waals surface area contributed by atoms with Crippen LogP contribution in [-0.4, -0.2) is 42.3 Å². The van der Waals surface area contributed by atoms with Gasteiger partial charge in [-0.05, 0) is 38.1 Å². The van der Waals surface area contributed by atoms with E-state index in [4.69, 9.17) is 15.5 Å². The Labute approximate surface area is 129 Å². The van der Waals surface area contributed by atoms with Gasteiger partial charge in [0.25, 0.3) is 5.91 Å². The Morgan fingerprint density at radius 2 is 2.23 bits per heavy atom. The molecule has 1 aliphatic rings. The van der Waals surface area contributed by atoms with E-state index in [9.17, 15) is 4.79 Å². The first kappa shape index (κ1) is 15.0. The Hall–Kier alpha value is -1.92. The molecule has 1 aromatic heterocycles. The second-order valence-corrected chi connectivity index (χ2v) is 5.68. The molecule has 0 saturated carbocycles. The summed E-state index contributed by atoms with van der Waals surface area (Å²) in [6.07, 6.45) is 2.12. The fourth-order valence-corrected chi connectivity index (χ4v) is 3.17. The second kappa shape index (κ2) is 6.46. The summed E-state index contributed by atoms with van der Waals surface area (Å²) in [5.41, 5.74) is 7.65. The highest BCUT2D eigenvalue weighted by molar-refractivity contribution is 6.04. The molecule has 0 atom stereocenters. The number of imidazole rings is 1. The molecule has 6 heteroatoms. The Bertz CT molecular complexity index is 674. The maximum absolute atomic E-state index is 11.7. The molecule has 2 heterocycles. The van der Waals surface area contributed by atoms with Crippen LogP contribution in [0.2, 0.25) is 0 Å². The molecular formula is C16H22N4O2. The molecule has 1 saturated heterocycles. The van der Waals surface area contributed by atoms with E-state index in [-0.39, 0.29) is 0 Å². The minimum atomic E-state index is -0.432. The minimum absolute atomic E-state index is 0.409. The Morgan fingerprint density at radius 3 is 2.91 bits per heavy atom. The lowest BCUT2D eigenvalue weighted by Crippen LogP contribution is -2.28. The number of methoxy groups -OCH3 is 1. The molecule has 3 N–H and O–H groups in total. The Kier molecular flexibility index (Phi) is 4.40. The summed E-state index contributed by atoms with van der Waals surface area (Å²) in [4.78, 5) is 16.5. The van der Waals surface area contributed by atoms with E-state index < -0.39 is 5.91 Å². The van der Waals surface area contributed by atoms with Crippen molar-refractivity contribution in [1.29, 1.82) is 0 Å². The van der Waals surface area contributed by atoms with Crippen LogP contribution >= 0.6 is 0 Å². The highest BCUT2D eigenvalue weighted by Gasteiger charge is 2.23. The number of nitrogens with zero attached hydrogens (tertiary/aromatic N) is 2. The van der Waals surface area contributed by atoms with Gasteiger partial charge in [-0.15, -0.1) is 0 Å². The summed E-state index contributed by atoms with van der Waals surface area (Å²) in [6, 6.07) is 5.60. The third-order valence-electron chi connectivity index (χ3n) is 4.30. The van der Waals surface area contributed by atoms with E-state index in [1.165, 1.54) is 0 Å². The van der Waals surface area contributed by atoms with Crippen molar-refractivity contribution in [3.63, 3.8) is 0 Å². The van der Waals surface area contributed by atoms with Crippen LogP contribution in [0, 0.1) is 0 Å². The van der Waals surface area contributed by atoms with Crippen molar-refractivity contribution in [2.24, 2.45) is 5.73 Å². The fraction of sp³-hybridized carbons (Fsp3) is 0.500. The average Bonchev–Trinajstić information content (AvgIpc) is 2.92. The number of para-hydroxylation sites is 1. The van der Waals surface area contributed by atoms with E-state index in [0.717, 1.165) is 43.8 Å². The Morgan fingerprint density at radius 1 is 1.45 bits per heavy atom. The maximum atomic E-state index is 11.7. The first-order chi connectivity index (χ1) is 10.7. The zero-order valence-electron chi connectivity index (χ0n) is 12.8. The van der Waals surface area contributed by atoms with Crippen molar-refractivity contribution < 1.29 is 9.53 Å². The normalized spacial score (nSPS) is 16.2. The third-order valence-corrected chi connectivity index (χ3v) is 4.30. The van der Waals surface area contributed by atoms with E-state index in [2.05, 4.69) is 9.88 Å². The van der Waals surface area contributed by atoms with Gasteiger partial charge in [-0.1, -0.05) is 6.07 Å². The number of hydrogen-bond acceptors (Lipinski definition) is 4. The number of piperidine rings is 1. The average molecular weight is 302 g/mol. The van der Waals surface area contributed by atoms with Gasteiger partial charge in [0.2, 0.25) is 0 Å². The number of carbonyl (C=O) groups is 1. The molecule has 1 aliphatic heterocycles. The standard InChI is InChI=1S/C16H22N4O2/c1-22-10-9-20-13-4-2-3-12(15(17)21)14(13)19-16(20)11-5-7-18-8-6-11/h2-4,11,18H,5-10H2,1H3,(H2,17,21). The largest absolute Gasteiger partial charge is 0.383 e. The summed E-state index contributed by atoms with van der Waals surface area (Å²) >= 11 is 0. The van der Waals surface area contributed by atoms with Crippen molar-refractivity contribution in [1.82, 2.24) is 14.9 Å². The summed E-state index contributed by atoms with van der Waals surface area (Å²) in [5.74, 6) is 1.02. The molecule has 0 spiro atoms. The van der Waals surface area contributed by atoms with Crippen LogP contribution in [0.1, 0.15) is 34.9 Å². The number of nitrogens with one attached hydrogen (secondary N) is 1. The number of benzene rings is 1. The summed E-state index contributed by atoms with van der Waals surface area (Å²) in [5, 5.41) is 3.37. The number of primary amides is 1. The molecule has 1 fully saturated rings. The van der Waals surface area contributed by atoms with Gasteiger partial charge in [0, 0.05) is 19.6 Å². The predicted molar refractivity (Wildman–Crippen MR) is 85.0 cm³/mol. The van der Waals surface area contributed by atoms with E-state index in [1.54, 1.807) is 13.2 Å². The number of hydrogen-bond donors (Lipinski definition) is 2. The van der Waals surface area contributed by atoms with Crippen molar-refractivity contribution in [3.05, 3.63) is 29.6 Å². The second-order valence-electron chi connectivity index (χ2n) is 5.68. The number of nitrogens with two attached hydrogens (primary N) is 1. The summed E-state index contributed by atoms with van der Waals surface area (Å²) < 4.78 is 7.41. The van der Waals surface area contributed by atoms with E-state index in [1.807, 2.05) is 12.1 Å². The van der Waals surface area contributed by atoms with Crippen molar-refractivity contribution in [3.8, 4) is 0 Å². The molecule has 0 unspecified atom stereocenters. The van der Waals surface area contributed by atoms with Crippen LogP contribution in [0.4, 0.5) is 0 Å². The molecule has 0 bridgehead atoms. The topological polar surface area (TPSA) is 82.2 Å². The third kappa shape index (κ3) is 2.71. The zero-order valence-corrected chi connectivity index (χ0v) is 12.8. The number of rotatable bonds is 5. The molecule has 118 valence electrons. The van der Waals surface area contributed by atoms with E-state index in [0.29, 0.717) is 23.6 Å². The molecule has 1 amide bonds. The number of amides is 1. The molecule has 0 radical (unpaired) electrons. The van der Waals surface area contributed by atoms with Crippen molar-refractivity contribution in [2.75, 3.05) is 26.8 Å². The monoisotopic (exact) mass is 302 g/mol. The van der Waals surface area contributed by atoms with Gasteiger partial charge in [0.1, 0.15) is 11.3 Å². The van der Waals surface area contributed by atoms with Gasteiger partial charge in [0.05, 0.1) is 17.7 Å². The molecule has 22 heavy (non-hydrogen) atoms. The maximum Gasteiger partial charge on any atom is 0.250 e. The van der Waals surface area contributed by atoms with Crippen LogP contribution < -0.4 is 11.1 Å². The lowest BCUT2D eigenvalue weighted by Gasteiger charge is -2.23. The minimum Gasteiger partial charge on any atom is -0.383 e. The van der Waals surface area contributed by atoms with Crippen LogP contribution in [0.5, 0.6) is 0 Å². The molecule has 3 rings (SSSR count). The molecule has 2 aromatic rings. The number of fused-ring (bicyclic) bond motifs is 1. The number of ether oxygens (including phenoxy) is 1. The first-order valence-corrected chi connectivity index (χ1v) is 7.71. The Balaban J connectivity index is 2.11. The lowest BCUT2D eigenvalue weighted by molar-refractivity contribution is 0.100. The summed E-state index contributed by atoms with van der Waals surface area (Å²) in [6.45, 7) is 3.35. The highest BCUT2D eigenvalue weighted by atomic mass is 16.5. The van der Waals surface area contributed by atoms with Crippen molar-refractivity contribution >= 4 is 16.9 Å². The van der Waals surface area contributed by atoms with Crippen LogP contribution in [0.25, 0.3) is 11.0 Å². The quantitative estimate of drug-likeness (QED) is 0.871. The van der Waals surface area contributed by atoms with Gasteiger partial charge < -0.3 is 20.4 Å². The zero-order chi connectivity index (χ0) is 15.5. The van der Waals surface area contributed by atoms with Crippen LogP contribution in [-0.2, 0) is 11.3 Å². The smallest absolute Gasteiger partial charge is 0.250 e. The summed E-state index contributed by atoms with van der Waals surface area (Å²) in [7, 11) is 1.69. The van der Waals surface area contributed by atoms with Crippen molar-refractivity contribution in [2.45, 2.75) is 25.3 Å². The SMILES string of the molecule is COCCn1c(C2CCNCC2)nc2c(C(N)=O)cccc21. The molecule has 6 nitrogen and oxygen atoms in total. The van der Waals surface area contributed by atoms with Crippen LogP contribution in [0.3, 0.4) is 0 Å². The fourth-order valence-electron chi connectivity index (χ4n) is 3.17. The van der Waals surface area contributed by atoms with Gasteiger partial charge in [-0.2, -0.15) is 0 Å². The van der Waals surface area contributed by atoms with Gasteiger partial charge in [-0.3, -0.25) is 4.79 Å². The number of carbonyl (C=O) groups excluding carboxylic acids is 1. The lowest BCUT2D eigenvalue weighted by atomic mass is 9.97. The van der Waals surface area contributed by atoms with Crippen LogP contribution in [0.15, 0.2) is 18.2 Å². The molecule has 0 aliphatic carbocycles. The van der Waals surface area contributed by atoms with Gasteiger partial charge in [-0.25, -0.2) is 4.98 Å². The molecular weight excluding hydrogens is 280 g/mol. The van der Waals surface area contributed by atoms with Gasteiger partial charge in [0.15, 0.2) is 0 Å². The van der Waals surface area contributed by atoms with E-state index >= 15 is 0 Å². The number of aromatic nitrogens is 2. The van der Waals surface area contributed by atoms with Gasteiger partial charge >= 0.3 is 0 Å². The highest BCUT2D eigenvalue weighted by Crippen LogP contribution is 2.29. The predicted octanol–water partition coefficient (Wildman–Crippen LogP) is 1.25.